The molecular weight excluding hydrogens is 231 g/mol. The van der Waals surface area contributed by atoms with Crippen LogP contribution in [0.25, 0.3) is 0 Å². The molecule has 82 valence electrons. The van der Waals surface area contributed by atoms with Crippen LogP contribution in [0.2, 0.25) is 10.0 Å². The zero-order valence-electron chi connectivity index (χ0n) is 8.85. The lowest BCUT2D eigenvalue weighted by molar-refractivity contribution is -0.0126. The van der Waals surface area contributed by atoms with Crippen LogP contribution in [0.1, 0.15) is 32.3 Å². The van der Waals surface area contributed by atoms with Crippen molar-refractivity contribution in [2.24, 2.45) is 5.41 Å². The second kappa shape index (κ2) is 3.38. The molecule has 1 saturated carbocycles. The van der Waals surface area contributed by atoms with E-state index in [4.69, 9.17) is 23.2 Å². The minimum absolute atomic E-state index is 0.00976. The molecule has 0 amide bonds. The van der Waals surface area contributed by atoms with E-state index >= 15 is 0 Å². The summed E-state index contributed by atoms with van der Waals surface area (Å²) in [6.45, 7) is 3.94. The fourth-order valence-electron chi connectivity index (χ4n) is 1.82. The smallest absolute Gasteiger partial charge is 0.0922 e. The molecule has 1 aromatic rings. The second-order valence-electron chi connectivity index (χ2n) is 4.76. The van der Waals surface area contributed by atoms with Gasteiger partial charge < -0.3 is 5.11 Å². The average Bonchev–Trinajstić information content (AvgIpc) is 2.90. The predicted molar refractivity (Wildman–Crippen MR) is 63.4 cm³/mol. The number of benzene rings is 1. The molecule has 1 aromatic carbocycles. The third kappa shape index (κ3) is 1.77. The van der Waals surface area contributed by atoms with Gasteiger partial charge in [-0.05, 0) is 37.5 Å². The van der Waals surface area contributed by atoms with Gasteiger partial charge in [-0.1, -0.05) is 36.2 Å². The summed E-state index contributed by atoms with van der Waals surface area (Å²) in [6.07, 6.45) is 2.11. The molecule has 1 N–H and O–H groups in total. The molecule has 1 atom stereocenters. The Hall–Kier alpha value is -0.240. The summed E-state index contributed by atoms with van der Waals surface area (Å²) < 4.78 is 0. The summed E-state index contributed by atoms with van der Waals surface area (Å²) in [5, 5.41) is 11.5. The van der Waals surface area contributed by atoms with Gasteiger partial charge in [0.15, 0.2) is 0 Å². The maximum absolute atomic E-state index is 10.5. The molecule has 15 heavy (non-hydrogen) atoms. The standard InChI is InChI=1S/C12H14Cl2O/c1-11(5-6-11)12(2,15)8-3-4-9(13)10(14)7-8/h3-4,7,15H,5-6H2,1-2H3. The first-order valence-corrected chi connectivity index (χ1v) is 5.80. The summed E-state index contributed by atoms with van der Waals surface area (Å²) in [5.41, 5.74) is 0.0164. The third-order valence-electron chi connectivity index (χ3n) is 3.66. The maximum atomic E-state index is 10.5. The first kappa shape index (κ1) is 11.3. The first-order valence-electron chi connectivity index (χ1n) is 5.05. The van der Waals surface area contributed by atoms with Gasteiger partial charge in [-0.25, -0.2) is 0 Å². The second-order valence-corrected chi connectivity index (χ2v) is 5.58. The molecular formula is C12H14Cl2O. The topological polar surface area (TPSA) is 20.2 Å². The van der Waals surface area contributed by atoms with E-state index in [0.29, 0.717) is 10.0 Å². The average molecular weight is 245 g/mol. The van der Waals surface area contributed by atoms with E-state index in [-0.39, 0.29) is 5.41 Å². The zero-order valence-corrected chi connectivity index (χ0v) is 10.4. The van der Waals surface area contributed by atoms with Crippen molar-refractivity contribution in [2.45, 2.75) is 32.3 Å². The first-order chi connectivity index (χ1) is 6.87. The Morgan fingerprint density at radius 1 is 1.27 bits per heavy atom. The molecule has 1 nitrogen and oxygen atoms in total. The van der Waals surface area contributed by atoms with E-state index < -0.39 is 5.60 Å². The highest BCUT2D eigenvalue weighted by Gasteiger charge is 2.53. The molecule has 1 aliphatic carbocycles. The SMILES string of the molecule is CC1(C(C)(O)c2ccc(Cl)c(Cl)c2)CC1. The molecule has 0 aliphatic heterocycles. The molecule has 1 aliphatic rings. The monoisotopic (exact) mass is 244 g/mol. The van der Waals surface area contributed by atoms with Crippen LogP contribution in [-0.2, 0) is 5.60 Å². The summed E-state index contributed by atoms with van der Waals surface area (Å²) in [6, 6.07) is 5.34. The van der Waals surface area contributed by atoms with E-state index in [9.17, 15) is 5.11 Å². The third-order valence-corrected chi connectivity index (χ3v) is 4.40. The molecule has 0 saturated heterocycles. The van der Waals surface area contributed by atoms with E-state index in [0.717, 1.165) is 18.4 Å². The van der Waals surface area contributed by atoms with Crippen LogP contribution in [0.5, 0.6) is 0 Å². The molecule has 1 fully saturated rings. The van der Waals surface area contributed by atoms with Gasteiger partial charge in [0, 0.05) is 5.41 Å². The van der Waals surface area contributed by atoms with Crippen LogP contribution >= 0.6 is 23.2 Å². The van der Waals surface area contributed by atoms with Gasteiger partial charge in [-0.3, -0.25) is 0 Å². The van der Waals surface area contributed by atoms with Gasteiger partial charge in [0.1, 0.15) is 0 Å². The van der Waals surface area contributed by atoms with E-state index in [1.807, 2.05) is 13.0 Å². The molecule has 2 rings (SSSR count). The van der Waals surface area contributed by atoms with Gasteiger partial charge >= 0.3 is 0 Å². The van der Waals surface area contributed by atoms with Crippen molar-refractivity contribution in [3.63, 3.8) is 0 Å². The Kier molecular flexibility index (Phi) is 2.53. The molecule has 1 unspecified atom stereocenters. The van der Waals surface area contributed by atoms with Crippen molar-refractivity contribution in [1.82, 2.24) is 0 Å². The van der Waals surface area contributed by atoms with Gasteiger partial charge in [-0.15, -0.1) is 0 Å². The number of rotatable bonds is 2. The van der Waals surface area contributed by atoms with Crippen molar-refractivity contribution >= 4 is 23.2 Å². The fourth-order valence-corrected chi connectivity index (χ4v) is 2.12. The minimum atomic E-state index is -0.818. The molecule has 0 heterocycles. The van der Waals surface area contributed by atoms with Crippen molar-refractivity contribution in [3.05, 3.63) is 33.8 Å². The number of hydrogen-bond acceptors (Lipinski definition) is 1. The van der Waals surface area contributed by atoms with Crippen molar-refractivity contribution in [3.8, 4) is 0 Å². The van der Waals surface area contributed by atoms with Gasteiger partial charge in [0.05, 0.1) is 15.6 Å². The lowest BCUT2D eigenvalue weighted by Crippen LogP contribution is -2.31. The van der Waals surface area contributed by atoms with Crippen LogP contribution in [0.4, 0.5) is 0 Å². The van der Waals surface area contributed by atoms with Crippen molar-refractivity contribution in [1.29, 1.82) is 0 Å². The predicted octanol–water partition coefficient (Wildman–Crippen LogP) is 4.00. The number of hydrogen-bond donors (Lipinski definition) is 1. The largest absolute Gasteiger partial charge is 0.385 e. The highest BCUT2D eigenvalue weighted by molar-refractivity contribution is 6.42. The van der Waals surface area contributed by atoms with Crippen molar-refractivity contribution < 1.29 is 5.11 Å². The lowest BCUT2D eigenvalue weighted by atomic mass is 9.81. The molecule has 0 spiro atoms. The molecule has 0 aromatic heterocycles. The van der Waals surface area contributed by atoms with E-state index in [2.05, 4.69) is 6.92 Å². The summed E-state index contributed by atoms with van der Waals surface area (Å²) in [5.74, 6) is 0. The molecule has 0 radical (unpaired) electrons. The van der Waals surface area contributed by atoms with Crippen molar-refractivity contribution in [2.75, 3.05) is 0 Å². The molecule has 0 bridgehead atoms. The Bertz CT molecular complexity index is 395. The normalized spacial score (nSPS) is 22.2. The number of halogens is 2. The Labute approximate surface area is 100 Å². The van der Waals surface area contributed by atoms with Crippen LogP contribution in [0, 0.1) is 5.41 Å². The van der Waals surface area contributed by atoms with E-state index in [1.54, 1.807) is 12.1 Å². The zero-order chi connectivity index (χ0) is 11.3. The van der Waals surface area contributed by atoms with Crippen LogP contribution in [-0.4, -0.2) is 5.11 Å². The number of aliphatic hydroxyl groups is 1. The fraction of sp³-hybridized carbons (Fsp3) is 0.500. The van der Waals surface area contributed by atoms with Gasteiger partial charge in [-0.2, -0.15) is 0 Å². The Morgan fingerprint density at radius 2 is 1.87 bits per heavy atom. The molecule has 3 heteroatoms. The highest BCUT2D eigenvalue weighted by atomic mass is 35.5. The van der Waals surface area contributed by atoms with Crippen LogP contribution < -0.4 is 0 Å². The quantitative estimate of drug-likeness (QED) is 0.834. The van der Waals surface area contributed by atoms with Crippen LogP contribution in [0.15, 0.2) is 18.2 Å². The summed E-state index contributed by atoms with van der Waals surface area (Å²) >= 11 is 11.8. The van der Waals surface area contributed by atoms with Gasteiger partial charge in [0.2, 0.25) is 0 Å². The Balaban J connectivity index is 2.41. The lowest BCUT2D eigenvalue weighted by Gasteiger charge is -2.31. The summed E-state index contributed by atoms with van der Waals surface area (Å²) in [4.78, 5) is 0. The van der Waals surface area contributed by atoms with Gasteiger partial charge in [0.25, 0.3) is 0 Å². The summed E-state index contributed by atoms with van der Waals surface area (Å²) in [7, 11) is 0. The maximum Gasteiger partial charge on any atom is 0.0922 e. The highest BCUT2D eigenvalue weighted by Crippen LogP contribution is 2.58. The van der Waals surface area contributed by atoms with Crippen LogP contribution in [0.3, 0.4) is 0 Å². The Morgan fingerprint density at radius 3 is 2.33 bits per heavy atom. The van der Waals surface area contributed by atoms with E-state index in [1.165, 1.54) is 0 Å². The minimum Gasteiger partial charge on any atom is -0.385 e.